The molecular formula is C20H42N2O5S. The van der Waals surface area contributed by atoms with Crippen molar-refractivity contribution in [3.63, 3.8) is 0 Å². The average Bonchev–Trinajstić information content (AvgIpc) is 2.58. The first-order valence-corrected chi connectivity index (χ1v) is 12.1. The van der Waals surface area contributed by atoms with Crippen molar-refractivity contribution in [1.29, 1.82) is 0 Å². The topological polar surface area (TPSA) is 103 Å². The maximum absolute atomic E-state index is 10.4. The lowest BCUT2D eigenvalue weighted by Gasteiger charge is -2.39. The molecule has 0 aromatic rings. The number of nitrogens with zero attached hydrogens (tertiary/aromatic N) is 1. The Morgan fingerprint density at radius 2 is 1.11 bits per heavy atom. The van der Waals surface area contributed by atoms with Gasteiger partial charge in [-0.3, -0.25) is 14.3 Å². The van der Waals surface area contributed by atoms with Crippen molar-refractivity contribution in [1.82, 2.24) is 4.72 Å². The van der Waals surface area contributed by atoms with E-state index in [2.05, 4.69) is 27.7 Å². The SMILES string of the molecule is CC(=O)CC(=O)NS(=O)(=O)[O-].CCCC[N+](CCCC)(CCCC)CCCC. The molecule has 0 heterocycles. The van der Waals surface area contributed by atoms with Gasteiger partial charge in [-0.2, -0.15) is 0 Å². The lowest BCUT2D eigenvalue weighted by Crippen LogP contribution is -2.50. The molecule has 168 valence electrons. The number of hydrogen-bond donors (Lipinski definition) is 1. The van der Waals surface area contributed by atoms with Crippen LogP contribution >= 0.6 is 0 Å². The monoisotopic (exact) mass is 422 g/mol. The Kier molecular flexibility index (Phi) is 17.7. The van der Waals surface area contributed by atoms with Crippen molar-refractivity contribution in [2.24, 2.45) is 0 Å². The zero-order valence-electron chi connectivity index (χ0n) is 18.6. The van der Waals surface area contributed by atoms with E-state index in [1.165, 1.54) is 82.0 Å². The summed E-state index contributed by atoms with van der Waals surface area (Å²) in [5.41, 5.74) is 0. The Hall–Kier alpha value is -0.990. The number of carbonyl (C=O) groups is 2. The van der Waals surface area contributed by atoms with E-state index in [9.17, 15) is 22.6 Å². The van der Waals surface area contributed by atoms with E-state index in [4.69, 9.17) is 0 Å². The fourth-order valence-electron chi connectivity index (χ4n) is 3.05. The van der Waals surface area contributed by atoms with E-state index in [1.807, 2.05) is 0 Å². The Morgan fingerprint density at radius 1 is 0.786 bits per heavy atom. The number of nitrogens with one attached hydrogen (secondary N) is 1. The molecule has 0 bridgehead atoms. The largest absolute Gasteiger partial charge is 0.731 e. The fourth-order valence-corrected chi connectivity index (χ4v) is 3.40. The number of carbonyl (C=O) groups excluding carboxylic acids is 2. The highest BCUT2D eigenvalue weighted by Crippen LogP contribution is 2.16. The van der Waals surface area contributed by atoms with Crippen LogP contribution in [-0.2, 0) is 19.9 Å². The minimum absolute atomic E-state index is 0.508. The molecule has 0 aliphatic heterocycles. The van der Waals surface area contributed by atoms with Gasteiger partial charge in [-0.1, -0.05) is 53.4 Å². The third-order valence-electron chi connectivity index (χ3n) is 4.59. The van der Waals surface area contributed by atoms with Gasteiger partial charge >= 0.3 is 0 Å². The van der Waals surface area contributed by atoms with Crippen LogP contribution < -0.4 is 4.72 Å². The van der Waals surface area contributed by atoms with Gasteiger partial charge in [0.15, 0.2) is 10.3 Å². The van der Waals surface area contributed by atoms with E-state index < -0.39 is 28.4 Å². The van der Waals surface area contributed by atoms with Crippen molar-refractivity contribution >= 4 is 22.0 Å². The summed E-state index contributed by atoms with van der Waals surface area (Å²) in [5, 5.41) is 0. The van der Waals surface area contributed by atoms with Gasteiger partial charge in [-0.25, -0.2) is 8.42 Å². The number of amides is 1. The number of rotatable bonds is 15. The highest BCUT2D eigenvalue weighted by atomic mass is 32.2. The molecule has 0 aromatic heterocycles. The molecule has 1 N–H and O–H groups in total. The van der Waals surface area contributed by atoms with Gasteiger partial charge in [-0.05, 0) is 32.6 Å². The predicted octanol–water partition coefficient (Wildman–Crippen LogP) is 3.55. The van der Waals surface area contributed by atoms with Crippen molar-refractivity contribution < 1.29 is 27.0 Å². The molecule has 0 atom stereocenters. The lowest BCUT2D eigenvalue weighted by molar-refractivity contribution is -0.929. The van der Waals surface area contributed by atoms with Crippen LogP contribution in [0.2, 0.25) is 0 Å². The van der Waals surface area contributed by atoms with Gasteiger partial charge in [0.05, 0.1) is 32.6 Å². The molecule has 8 heteroatoms. The standard InChI is InChI=1S/C16H36N.C4H7NO5S/c1-5-9-13-17(14-10-6-2,15-11-7-3)16-12-8-4;1-3(6)2-4(7)5-11(8,9)10/h5-16H2,1-4H3;2H2,1H3,(H,5,7)(H,8,9,10)/q+1;/p-1. The molecule has 0 fully saturated rings. The minimum Gasteiger partial charge on any atom is -0.731 e. The molecule has 0 aliphatic carbocycles. The molecule has 28 heavy (non-hydrogen) atoms. The van der Waals surface area contributed by atoms with Crippen LogP contribution in [0.5, 0.6) is 0 Å². The van der Waals surface area contributed by atoms with Crippen LogP contribution in [0.3, 0.4) is 0 Å². The number of Topliss-reactive ketones (excluding diaryl/α,β-unsaturated/α-hetero) is 1. The second-order valence-corrected chi connectivity index (χ2v) is 8.62. The minimum atomic E-state index is -4.77. The Morgan fingerprint density at radius 3 is 1.32 bits per heavy atom. The van der Waals surface area contributed by atoms with E-state index in [1.54, 1.807) is 0 Å². The first kappa shape index (κ1) is 29.2. The first-order chi connectivity index (χ1) is 13.1. The maximum atomic E-state index is 10.4. The van der Waals surface area contributed by atoms with Crippen molar-refractivity contribution in [2.45, 2.75) is 92.4 Å². The Balaban J connectivity index is 0. The molecular weight excluding hydrogens is 380 g/mol. The summed E-state index contributed by atoms with van der Waals surface area (Å²) in [6.45, 7) is 16.1. The molecule has 7 nitrogen and oxygen atoms in total. The maximum Gasteiger partial charge on any atom is 0.240 e. The zero-order chi connectivity index (χ0) is 22.1. The highest BCUT2D eigenvalue weighted by Gasteiger charge is 2.24. The van der Waals surface area contributed by atoms with Crippen LogP contribution in [0, 0.1) is 0 Å². The van der Waals surface area contributed by atoms with Crippen molar-refractivity contribution in [2.75, 3.05) is 26.2 Å². The second-order valence-electron chi connectivity index (χ2n) is 7.51. The molecule has 0 spiro atoms. The second kappa shape index (κ2) is 16.9. The number of hydrogen-bond acceptors (Lipinski definition) is 5. The number of ketones is 1. The van der Waals surface area contributed by atoms with E-state index >= 15 is 0 Å². The first-order valence-electron chi connectivity index (χ1n) is 10.7. The van der Waals surface area contributed by atoms with Crippen LogP contribution in [-0.4, -0.2) is 55.3 Å². The fraction of sp³-hybridized carbons (Fsp3) is 0.900. The zero-order valence-corrected chi connectivity index (χ0v) is 19.4. The molecule has 0 rings (SSSR count). The molecule has 0 aliphatic rings. The van der Waals surface area contributed by atoms with Gasteiger partial charge in [0.2, 0.25) is 5.91 Å². The third kappa shape index (κ3) is 18.4. The molecule has 0 saturated heterocycles. The van der Waals surface area contributed by atoms with Gasteiger partial charge in [0.25, 0.3) is 0 Å². The molecule has 0 unspecified atom stereocenters. The van der Waals surface area contributed by atoms with Crippen LogP contribution in [0.25, 0.3) is 0 Å². The average molecular weight is 423 g/mol. The van der Waals surface area contributed by atoms with E-state index in [0.717, 1.165) is 11.6 Å². The highest BCUT2D eigenvalue weighted by molar-refractivity contribution is 7.84. The van der Waals surface area contributed by atoms with E-state index in [0.29, 0.717) is 0 Å². The van der Waals surface area contributed by atoms with Crippen LogP contribution in [0.4, 0.5) is 0 Å². The summed E-state index contributed by atoms with van der Waals surface area (Å²) >= 11 is 0. The van der Waals surface area contributed by atoms with Gasteiger partial charge in [0, 0.05) is 0 Å². The Bertz CT molecular complexity index is 483. The summed E-state index contributed by atoms with van der Waals surface area (Å²) in [4.78, 5) is 20.5. The van der Waals surface area contributed by atoms with Crippen LogP contribution in [0.15, 0.2) is 0 Å². The van der Waals surface area contributed by atoms with E-state index in [-0.39, 0.29) is 0 Å². The molecule has 0 saturated carbocycles. The van der Waals surface area contributed by atoms with Gasteiger partial charge < -0.3 is 9.04 Å². The summed E-state index contributed by atoms with van der Waals surface area (Å²) < 4.78 is 32.0. The lowest BCUT2D eigenvalue weighted by atomic mass is 10.1. The molecule has 0 radical (unpaired) electrons. The smallest absolute Gasteiger partial charge is 0.240 e. The summed E-state index contributed by atoms with van der Waals surface area (Å²) in [5.74, 6) is -1.61. The van der Waals surface area contributed by atoms with Gasteiger partial charge in [-0.15, -0.1) is 0 Å². The van der Waals surface area contributed by atoms with Crippen LogP contribution in [0.1, 0.15) is 92.4 Å². The Labute approximate surface area is 172 Å². The normalized spacial score (nSPS) is 11.5. The quantitative estimate of drug-likeness (QED) is 0.247. The third-order valence-corrected chi connectivity index (χ3v) is 5.07. The number of quaternary nitrogens is 1. The summed E-state index contributed by atoms with van der Waals surface area (Å²) in [6.07, 6.45) is 10.5. The molecule has 1 amide bonds. The summed E-state index contributed by atoms with van der Waals surface area (Å²) in [7, 11) is -4.77. The summed E-state index contributed by atoms with van der Waals surface area (Å²) in [6, 6.07) is 0. The van der Waals surface area contributed by atoms with Crippen molar-refractivity contribution in [3.05, 3.63) is 0 Å². The predicted molar refractivity (Wildman–Crippen MR) is 112 cm³/mol. The van der Waals surface area contributed by atoms with Crippen molar-refractivity contribution in [3.8, 4) is 0 Å². The number of unbranched alkanes of at least 4 members (excludes halogenated alkanes) is 4. The van der Waals surface area contributed by atoms with Gasteiger partial charge in [0.1, 0.15) is 5.78 Å². The molecule has 0 aromatic carbocycles.